The summed E-state index contributed by atoms with van der Waals surface area (Å²) in [6, 6.07) is 3.01. The number of carbonyl (C=O) groups is 4. The molecule has 0 radical (unpaired) electrons. The van der Waals surface area contributed by atoms with Crippen molar-refractivity contribution in [2.24, 2.45) is 11.0 Å². The van der Waals surface area contributed by atoms with E-state index in [1.807, 2.05) is 0 Å². The maximum absolute atomic E-state index is 12.8. The van der Waals surface area contributed by atoms with Crippen LogP contribution >= 0.6 is 23.2 Å². The second-order valence-corrected chi connectivity index (χ2v) is 6.19. The van der Waals surface area contributed by atoms with Gasteiger partial charge in [0.25, 0.3) is 5.91 Å². The van der Waals surface area contributed by atoms with Crippen LogP contribution in [0.25, 0.3) is 0 Å². The molecule has 8 nitrogen and oxygen atoms in total. The predicted molar refractivity (Wildman–Crippen MR) is 88.2 cm³/mol. The topological polar surface area (TPSA) is 96.3 Å². The maximum atomic E-state index is 12.8. The van der Waals surface area contributed by atoms with Crippen molar-refractivity contribution in [2.75, 3.05) is 12.0 Å². The minimum absolute atomic E-state index is 0.155. The summed E-state index contributed by atoms with van der Waals surface area (Å²) < 4.78 is 4.60. The number of hydrazone groups is 1. The molecule has 1 aromatic carbocycles. The number of methoxy groups -OCH3 is 1. The summed E-state index contributed by atoms with van der Waals surface area (Å²) in [4.78, 5) is 50.1. The van der Waals surface area contributed by atoms with Gasteiger partial charge in [-0.05, 0) is 18.2 Å². The lowest BCUT2D eigenvalue weighted by molar-refractivity contribution is -0.136. The number of imide groups is 1. The van der Waals surface area contributed by atoms with Gasteiger partial charge >= 0.3 is 5.97 Å². The van der Waals surface area contributed by atoms with Gasteiger partial charge in [0.15, 0.2) is 11.8 Å². The van der Waals surface area contributed by atoms with Gasteiger partial charge in [-0.1, -0.05) is 23.2 Å². The minimum atomic E-state index is -1.23. The first-order valence-electron chi connectivity index (χ1n) is 7.07. The van der Waals surface area contributed by atoms with Crippen molar-refractivity contribution in [3.8, 4) is 0 Å². The number of anilines is 1. The molecule has 0 aliphatic carbocycles. The van der Waals surface area contributed by atoms with Crippen LogP contribution < -0.4 is 4.90 Å². The zero-order valence-electron chi connectivity index (χ0n) is 13.0. The summed E-state index contributed by atoms with van der Waals surface area (Å²) >= 11 is 11.8. The largest absolute Gasteiger partial charge is 0.464 e. The second kappa shape index (κ2) is 6.12. The van der Waals surface area contributed by atoms with E-state index in [1.165, 1.54) is 25.1 Å². The van der Waals surface area contributed by atoms with Crippen LogP contribution in [0.4, 0.5) is 5.69 Å². The minimum Gasteiger partial charge on any atom is -0.464 e. The maximum Gasteiger partial charge on any atom is 0.355 e. The first-order chi connectivity index (χ1) is 11.8. The first-order valence-corrected chi connectivity index (χ1v) is 7.83. The summed E-state index contributed by atoms with van der Waals surface area (Å²) in [7, 11) is 1.12. The Morgan fingerprint density at radius 1 is 1.16 bits per heavy atom. The molecule has 2 atom stereocenters. The Morgan fingerprint density at radius 3 is 2.40 bits per heavy atom. The molecule has 130 valence electrons. The summed E-state index contributed by atoms with van der Waals surface area (Å²) in [5.74, 6) is -4.06. The molecule has 1 saturated heterocycles. The number of carbonyl (C=O) groups excluding carboxylic acids is 4. The van der Waals surface area contributed by atoms with Gasteiger partial charge in [-0.2, -0.15) is 5.10 Å². The molecular formula is C15H11Cl2N3O5. The van der Waals surface area contributed by atoms with Crippen molar-refractivity contribution in [3.05, 3.63) is 28.2 Å². The Labute approximate surface area is 151 Å². The summed E-state index contributed by atoms with van der Waals surface area (Å²) in [6.45, 7) is 1.18. The lowest BCUT2D eigenvalue weighted by atomic mass is 9.98. The monoisotopic (exact) mass is 383 g/mol. The number of hydrogen-bond donors (Lipinski definition) is 0. The average molecular weight is 384 g/mol. The highest BCUT2D eigenvalue weighted by Gasteiger charge is 2.59. The van der Waals surface area contributed by atoms with Crippen LogP contribution in [0.1, 0.15) is 6.92 Å². The van der Waals surface area contributed by atoms with E-state index in [1.54, 1.807) is 0 Å². The molecule has 0 unspecified atom stereocenters. The van der Waals surface area contributed by atoms with E-state index in [2.05, 4.69) is 9.84 Å². The van der Waals surface area contributed by atoms with Crippen molar-refractivity contribution in [3.63, 3.8) is 0 Å². The number of amides is 3. The quantitative estimate of drug-likeness (QED) is 0.565. The Balaban J connectivity index is 2.07. The number of halogens is 2. The van der Waals surface area contributed by atoms with E-state index in [-0.39, 0.29) is 21.4 Å². The molecular weight excluding hydrogens is 373 g/mol. The Morgan fingerprint density at radius 2 is 1.84 bits per heavy atom. The second-order valence-electron chi connectivity index (χ2n) is 5.37. The highest BCUT2D eigenvalue weighted by atomic mass is 35.5. The highest BCUT2D eigenvalue weighted by molar-refractivity contribution is 6.47. The van der Waals surface area contributed by atoms with Crippen molar-refractivity contribution in [1.82, 2.24) is 5.01 Å². The number of rotatable bonds is 2. The fourth-order valence-electron chi connectivity index (χ4n) is 2.83. The third kappa shape index (κ3) is 2.58. The third-order valence-electron chi connectivity index (χ3n) is 3.93. The molecule has 0 spiro atoms. The van der Waals surface area contributed by atoms with E-state index in [0.29, 0.717) is 0 Å². The standard InChI is InChI=1S/C15H11Cl2N3O5/c1-6(21)20-12-10(11(18-20)15(24)25-2)13(22)19(14(12)23)7-3-4-8(16)9(17)5-7/h3-5,10,12H,1-2H3/t10-,12+/m1/s1. The molecule has 2 aliphatic heterocycles. The summed E-state index contributed by atoms with van der Waals surface area (Å²) in [5, 5.41) is 5.05. The molecule has 1 aromatic rings. The smallest absolute Gasteiger partial charge is 0.355 e. The number of esters is 1. The highest BCUT2D eigenvalue weighted by Crippen LogP contribution is 2.37. The fraction of sp³-hybridized carbons (Fsp3) is 0.267. The molecule has 0 N–H and O–H groups in total. The van der Waals surface area contributed by atoms with Crippen LogP contribution in [0.2, 0.25) is 10.0 Å². The number of fused-ring (bicyclic) bond motifs is 1. The van der Waals surface area contributed by atoms with Gasteiger partial charge in [0.1, 0.15) is 5.92 Å². The molecule has 25 heavy (non-hydrogen) atoms. The number of benzene rings is 1. The molecule has 2 aliphatic rings. The Bertz CT molecular complexity index is 854. The Kier molecular flexibility index (Phi) is 4.26. The molecule has 0 bridgehead atoms. The zero-order chi connectivity index (χ0) is 18.5. The normalized spacial score (nSPS) is 22.2. The summed E-state index contributed by atoms with van der Waals surface area (Å²) in [6.07, 6.45) is 0. The number of nitrogens with zero attached hydrogens (tertiary/aromatic N) is 3. The molecule has 3 amide bonds. The van der Waals surface area contributed by atoms with Gasteiger partial charge in [-0.3, -0.25) is 14.4 Å². The summed E-state index contributed by atoms with van der Waals surface area (Å²) in [5.41, 5.74) is -0.102. The molecule has 2 heterocycles. The van der Waals surface area contributed by atoms with Crippen molar-refractivity contribution < 1.29 is 23.9 Å². The van der Waals surface area contributed by atoms with E-state index in [0.717, 1.165) is 17.0 Å². The first kappa shape index (κ1) is 17.4. The van der Waals surface area contributed by atoms with Gasteiger partial charge in [0, 0.05) is 6.92 Å². The van der Waals surface area contributed by atoms with Crippen LogP contribution in [0.3, 0.4) is 0 Å². The third-order valence-corrected chi connectivity index (χ3v) is 4.67. The van der Waals surface area contributed by atoms with Crippen LogP contribution in [-0.4, -0.2) is 47.6 Å². The van der Waals surface area contributed by atoms with Gasteiger partial charge in [-0.15, -0.1) is 0 Å². The SMILES string of the molecule is COC(=O)C1=NN(C(C)=O)[C@@H]2C(=O)N(c3ccc(Cl)c(Cl)c3)C(=O)[C@H]12. The van der Waals surface area contributed by atoms with Crippen LogP contribution in [0.5, 0.6) is 0 Å². The fourth-order valence-corrected chi connectivity index (χ4v) is 3.12. The molecule has 3 rings (SSSR count). The predicted octanol–water partition coefficient (Wildman–Crippen LogP) is 1.24. The van der Waals surface area contributed by atoms with Crippen LogP contribution in [-0.2, 0) is 23.9 Å². The van der Waals surface area contributed by atoms with Crippen LogP contribution in [0, 0.1) is 5.92 Å². The van der Waals surface area contributed by atoms with Gasteiger partial charge in [0.05, 0.1) is 22.8 Å². The molecule has 0 saturated carbocycles. The molecule has 1 fully saturated rings. The van der Waals surface area contributed by atoms with E-state index in [9.17, 15) is 19.2 Å². The van der Waals surface area contributed by atoms with Crippen molar-refractivity contribution in [1.29, 1.82) is 0 Å². The van der Waals surface area contributed by atoms with Crippen LogP contribution in [0.15, 0.2) is 23.3 Å². The van der Waals surface area contributed by atoms with Gasteiger partial charge < -0.3 is 4.74 Å². The van der Waals surface area contributed by atoms with Crippen molar-refractivity contribution in [2.45, 2.75) is 13.0 Å². The van der Waals surface area contributed by atoms with E-state index < -0.39 is 35.7 Å². The lowest BCUT2D eigenvalue weighted by Gasteiger charge is -2.19. The average Bonchev–Trinajstić information content (AvgIpc) is 3.08. The van der Waals surface area contributed by atoms with Gasteiger partial charge in [-0.25, -0.2) is 14.7 Å². The zero-order valence-corrected chi connectivity index (χ0v) is 14.5. The molecule has 0 aromatic heterocycles. The molecule has 10 heteroatoms. The number of ether oxygens (including phenoxy) is 1. The lowest BCUT2D eigenvalue weighted by Crippen LogP contribution is -2.41. The number of hydrogen-bond acceptors (Lipinski definition) is 6. The van der Waals surface area contributed by atoms with Crippen molar-refractivity contribution >= 4 is 58.3 Å². The van der Waals surface area contributed by atoms with E-state index >= 15 is 0 Å². The Hall–Kier alpha value is -2.45. The van der Waals surface area contributed by atoms with E-state index in [4.69, 9.17) is 23.2 Å². The van der Waals surface area contributed by atoms with Gasteiger partial charge in [0.2, 0.25) is 11.8 Å².